The molecule has 0 radical (unpaired) electrons. The molecular weight excluding hydrogens is 238 g/mol. The van der Waals surface area contributed by atoms with Gasteiger partial charge in [-0.1, -0.05) is 12.1 Å². The van der Waals surface area contributed by atoms with Gasteiger partial charge in [0, 0.05) is 0 Å². The van der Waals surface area contributed by atoms with E-state index >= 15 is 0 Å². The van der Waals surface area contributed by atoms with Gasteiger partial charge in [0.2, 0.25) is 0 Å². The van der Waals surface area contributed by atoms with E-state index in [-0.39, 0.29) is 17.1 Å². The van der Waals surface area contributed by atoms with Gasteiger partial charge in [0.1, 0.15) is 11.6 Å². The summed E-state index contributed by atoms with van der Waals surface area (Å²) < 4.78 is 26.9. The van der Waals surface area contributed by atoms with Crippen LogP contribution in [0.25, 0.3) is 22.4 Å². The number of benzene rings is 2. The van der Waals surface area contributed by atoms with Crippen LogP contribution in [0.2, 0.25) is 0 Å². The Bertz CT molecular complexity index is 704. The van der Waals surface area contributed by atoms with Crippen molar-refractivity contribution in [3.05, 3.63) is 48.0 Å². The van der Waals surface area contributed by atoms with Crippen LogP contribution in [0.1, 0.15) is 0 Å². The minimum atomic E-state index is -1.12. The molecule has 2 aromatic carbocycles. The Hall–Kier alpha value is -2.43. The molecule has 0 aliphatic rings. The molecule has 3 aromatic rings. The first-order valence-electron chi connectivity index (χ1n) is 5.29. The number of fused-ring (bicyclic) bond motifs is 1. The summed E-state index contributed by atoms with van der Waals surface area (Å²) in [6.07, 6.45) is 0. The molecule has 0 bridgehead atoms. The predicted molar refractivity (Wildman–Crippen MR) is 63.1 cm³/mol. The summed E-state index contributed by atoms with van der Waals surface area (Å²) in [5.41, 5.74) is 1.05. The van der Waals surface area contributed by atoms with Crippen LogP contribution in [0.4, 0.5) is 8.78 Å². The highest BCUT2D eigenvalue weighted by molar-refractivity contribution is 5.80. The molecule has 1 aromatic heterocycles. The van der Waals surface area contributed by atoms with Crippen molar-refractivity contribution in [2.24, 2.45) is 0 Å². The zero-order chi connectivity index (χ0) is 12.7. The number of rotatable bonds is 1. The van der Waals surface area contributed by atoms with Crippen molar-refractivity contribution in [2.45, 2.75) is 0 Å². The Kier molecular flexibility index (Phi) is 2.26. The molecule has 0 aliphatic heterocycles. The third-order valence-corrected chi connectivity index (χ3v) is 2.70. The summed E-state index contributed by atoms with van der Waals surface area (Å²) in [5, 5.41) is 9.63. The fourth-order valence-corrected chi connectivity index (χ4v) is 1.84. The molecule has 0 saturated carbocycles. The molecular formula is C13H8F2N2O. The molecule has 0 atom stereocenters. The molecule has 90 valence electrons. The molecule has 5 heteroatoms. The second-order valence-electron chi connectivity index (χ2n) is 3.86. The van der Waals surface area contributed by atoms with E-state index < -0.39 is 11.6 Å². The van der Waals surface area contributed by atoms with E-state index in [4.69, 9.17) is 0 Å². The zero-order valence-electron chi connectivity index (χ0n) is 9.11. The molecule has 0 aliphatic carbocycles. The minimum absolute atomic E-state index is 0.103. The van der Waals surface area contributed by atoms with Crippen LogP contribution in [0.15, 0.2) is 36.4 Å². The van der Waals surface area contributed by atoms with E-state index in [1.54, 1.807) is 24.3 Å². The predicted octanol–water partition coefficient (Wildman–Crippen LogP) is 3.21. The monoisotopic (exact) mass is 246 g/mol. The number of hydrogen-bond donors (Lipinski definition) is 2. The molecule has 1 heterocycles. The fourth-order valence-electron chi connectivity index (χ4n) is 1.84. The van der Waals surface area contributed by atoms with E-state index in [2.05, 4.69) is 9.97 Å². The first kappa shape index (κ1) is 10.7. The summed E-state index contributed by atoms with van der Waals surface area (Å²) >= 11 is 0. The molecule has 0 amide bonds. The highest BCUT2D eigenvalue weighted by Crippen LogP contribution is 2.32. The van der Waals surface area contributed by atoms with Gasteiger partial charge in [-0.3, -0.25) is 0 Å². The largest absolute Gasteiger partial charge is 0.507 e. The van der Waals surface area contributed by atoms with Crippen molar-refractivity contribution >= 4 is 11.0 Å². The molecule has 0 saturated heterocycles. The van der Waals surface area contributed by atoms with Gasteiger partial charge in [0.15, 0.2) is 11.6 Å². The molecule has 18 heavy (non-hydrogen) atoms. The number of nitrogens with zero attached hydrogens (tertiary/aromatic N) is 1. The highest BCUT2D eigenvalue weighted by Gasteiger charge is 2.18. The van der Waals surface area contributed by atoms with E-state index in [9.17, 15) is 13.9 Å². The number of aromatic nitrogens is 2. The SMILES string of the molecule is Oc1ccc(F)c(F)c1-c1nc2ccccc2[nH]1. The molecule has 3 nitrogen and oxygen atoms in total. The van der Waals surface area contributed by atoms with Crippen LogP contribution >= 0.6 is 0 Å². The number of para-hydroxylation sites is 2. The first-order valence-corrected chi connectivity index (χ1v) is 5.29. The number of imidazole rings is 1. The fraction of sp³-hybridized carbons (Fsp3) is 0. The number of nitrogens with one attached hydrogen (secondary N) is 1. The van der Waals surface area contributed by atoms with Crippen molar-refractivity contribution in [1.82, 2.24) is 9.97 Å². The van der Waals surface area contributed by atoms with Gasteiger partial charge in [0.05, 0.1) is 16.6 Å². The van der Waals surface area contributed by atoms with Crippen molar-refractivity contribution in [3.8, 4) is 17.1 Å². The lowest BCUT2D eigenvalue weighted by Crippen LogP contribution is -1.91. The van der Waals surface area contributed by atoms with Crippen molar-refractivity contribution in [3.63, 3.8) is 0 Å². The maximum absolute atomic E-state index is 13.7. The first-order chi connectivity index (χ1) is 8.66. The summed E-state index contributed by atoms with van der Waals surface area (Å²) in [4.78, 5) is 6.97. The lowest BCUT2D eigenvalue weighted by atomic mass is 10.1. The van der Waals surface area contributed by atoms with Gasteiger partial charge in [-0.2, -0.15) is 0 Å². The molecule has 0 spiro atoms. The van der Waals surface area contributed by atoms with Gasteiger partial charge in [-0.05, 0) is 24.3 Å². The molecule has 0 fully saturated rings. The van der Waals surface area contributed by atoms with Crippen molar-refractivity contribution < 1.29 is 13.9 Å². The smallest absolute Gasteiger partial charge is 0.173 e. The lowest BCUT2D eigenvalue weighted by molar-refractivity contribution is 0.458. The number of halogens is 2. The lowest BCUT2D eigenvalue weighted by Gasteiger charge is -2.03. The number of aromatic hydroxyl groups is 1. The number of phenols is 1. The van der Waals surface area contributed by atoms with Crippen LogP contribution in [-0.2, 0) is 0 Å². The number of hydrogen-bond acceptors (Lipinski definition) is 2. The molecule has 0 unspecified atom stereocenters. The highest BCUT2D eigenvalue weighted by atomic mass is 19.2. The van der Waals surface area contributed by atoms with Crippen molar-refractivity contribution in [1.29, 1.82) is 0 Å². The Morgan fingerprint density at radius 1 is 1.06 bits per heavy atom. The number of H-pyrrole nitrogens is 1. The van der Waals surface area contributed by atoms with E-state index in [1.165, 1.54) is 0 Å². The molecule has 2 N–H and O–H groups in total. The summed E-state index contributed by atoms with van der Waals surface area (Å²) in [7, 11) is 0. The van der Waals surface area contributed by atoms with Crippen LogP contribution in [0, 0.1) is 11.6 Å². The van der Waals surface area contributed by atoms with E-state index in [0.29, 0.717) is 11.0 Å². The summed E-state index contributed by atoms with van der Waals surface area (Å²) in [5.74, 6) is -2.39. The maximum Gasteiger partial charge on any atom is 0.173 e. The Balaban J connectivity index is 2.29. The van der Waals surface area contributed by atoms with Crippen LogP contribution < -0.4 is 0 Å². The third-order valence-electron chi connectivity index (χ3n) is 2.70. The zero-order valence-corrected chi connectivity index (χ0v) is 9.11. The average molecular weight is 246 g/mol. The number of phenolic OH excluding ortho intramolecular Hbond substituents is 1. The number of aromatic amines is 1. The Labute approximate surface area is 101 Å². The van der Waals surface area contributed by atoms with Crippen molar-refractivity contribution in [2.75, 3.05) is 0 Å². The quantitative estimate of drug-likeness (QED) is 0.692. The van der Waals surface area contributed by atoms with Gasteiger partial charge >= 0.3 is 0 Å². The van der Waals surface area contributed by atoms with Crippen LogP contribution in [-0.4, -0.2) is 15.1 Å². The van der Waals surface area contributed by atoms with E-state index in [0.717, 1.165) is 12.1 Å². The van der Waals surface area contributed by atoms with Crippen LogP contribution in [0.3, 0.4) is 0 Å². The summed E-state index contributed by atoms with van der Waals surface area (Å²) in [6, 6.07) is 9.06. The van der Waals surface area contributed by atoms with Gasteiger partial charge in [-0.15, -0.1) is 0 Å². The van der Waals surface area contributed by atoms with E-state index in [1.807, 2.05) is 0 Å². The second kappa shape index (κ2) is 3.80. The topological polar surface area (TPSA) is 48.9 Å². The Morgan fingerprint density at radius 2 is 1.83 bits per heavy atom. The summed E-state index contributed by atoms with van der Waals surface area (Å²) in [6.45, 7) is 0. The Morgan fingerprint density at radius 3 is 2.61 bits per heavy atom. The van der Waals surface area contributed by atoms with Gasteiger partial charge in [0.25, 0.3) is 0 Å². The standard InChI is InChI=1S/C13H8F2N2O/c14-7-5-6-10(18)11(12(7)15)13-16-8-3-1-2-4-9(8)17-13/h1-6,18H,(H,16,17). The second-order valence-corrected chi connectivity index (χ2v) is 3.86. The average Bonchev–Trinajstić information content (AvgIpc) is 2.77. The normalized spacial score (nSPS) is 11.0. The molecule has 3 rings (SSSR count). The van der Waals surface area contributed by atoms with Gasteiger partial charge in [-0.25, -0.2) is 13.8 Å². The van der Waals surface area contributed by atoms with Crippen LogP contribution in [0.5, 0.6) is 5.75 Å². The third kappa shape index (κ3) is 1.52. The van der Waals surface area contributed by atoms with Gasteiger partial charge < -0.3 is 10.1 Å². The maximum atomic E-state index is 13.7. The minimum Gasteiger partial charge on any atom is -0.507 e.